The molecule has 5 heteroatoms. The number of carbonyl (C=O) groups excluding carboxylic acids is 1. The van der Waals surface area contributed by atoms with Crippen LogP contribution >= 0.6 is 0 Å². The summed E-state index contributed by atoms with van der Waals surface area (Å²) >= 11 is 0. The average molecular weight is 292 g/mol. The Bertz CT molecular complexity index is 441. The van der Waals surface area contributed by atoms with Crippen LogP contribution in [0.25, 0.3) is 0 Å². The first-order valence-electron chi connectivity index (χ1n) is 7.48. The first-order chi connectivity index (χ1) is 10.2. The zero-order valence-corrected chi connectivity index (χ0v) is 12.7. The Hall–Kier alpha value is -1.75. The first kappa shape index (κ1) is 15.6. The number of hydrogen-bond donors (Lipinski definition) is 2. The molecule has 2 unspecified atom stereocenters. The molecule has 0 bridgehead atoms. The van der Waals surface area contributed by atoms with Crippen molar-refractivity contribution in [1.82, 2.24) is 10.6 Å². The van der Waals surface area contributed by atoms with E-state index in [9.17, 15) is 4.79 Å². The molecule has 0 saturated carbocycles. The number of ether oxygens (including phenoxy) is 2. The van der Waals surface area contributed by atoms with E-state index in [1.807, 2.05) is 31.2 Å². The molecule has 0 aromatic heterocycles. The Labute approximate surface area is 126 Å². The molecule has 1 aliphatic heterocycles. The summed E-state index contributed by atoms with van der Waals surface area (Å²) in [5.41, 5.74) is 0. The van der Waals surface area contributed by atoms with Gasteiger partial charge in [0.15, 0.2) is 0 Å². The Morgan fingerprint density at radius 2 is 2.10 bits per heavy atom. The fraction of sp³-hybridized carbons (Fsp3) is 0.562. The highest BCUT2D eigenvalue weighted by molar-refractivity contribution is 5.78. The van der Waals surface area contributed by atoms with Crippen molar-refractivity contribution in [2.24, 2.45) is 5.92 Å². The molecule has 1 heterocycles. The molecule has 116 valence electrons. The van der Waals surface area contributed by atoms with Crippen LogP contribution in [-0.2, 0) is 4.79 Å². The van der Waals surface area contributed by atoms with E-state index >= 15 is 0 Å². The van der Waals surface area contributed by atoms with Crippen LogP contribution in [0, 0.1) is 5.92 Å². The van der Waals surface area contributed by atoms with E-state index in [2.05, 4.69) is 10.6 Å². The summed E-state index contributed by atoms with van der Waals surface area (Å²) in [5.74, 6) is 1.78. The largest absolute Gasteiger partial charge is 0.497 e. The van der Waals surface area contributed by atoms with Gasteiger partial charge in [0.1, 0.15) is 17.6 Å². The van der Waals surface area contributed by atoms with E-state index in [0.29, 0.717) is 6.54 Å². The number of piperidine rings is 1. The first-order valence-corrected chi connectivity index (χ1v) is 7.48. The number of benzene rings is 1. The molecule has 1 aromatic rings. The highest BCUT2D eigenvalue weighted by Gasteiger charge is 2.21. The van der Waals surface area contributed by atoms with Crippen molar-refractivity contribution in [3.05, 3.63) is 24.3 Å². The number of rotatable bonds is 6. The van der Waals surface area contributed by atoms with E-state index in [1.54, 1.807) is 7.11 Å². The second kappa shape index (κ2) is 7.88. The van der Waals surface area contributed by atoms with E-state index in [1.165, 1.54) is 0 Å². The normalized spacial score (nSPS) is 19.6. The average Bonchev–Trinajstić information content (AvgIpc) is 2.54. The van der Waals surface area contributed by atoms with Gasteiger partial charge in [0, 0.05) is 6.54 Å². The lowest BCUT2D eigenvalue weighted by Crippen LogP contribution is -2.43. The van der Waals surface area contributed by atoms with Crippen LogP contribution in [0.3, 0.4) is 0 Å². The van der Waals surface area contributed by atoms with Crippen LogP contribution in [0.15, 0.2) is 24.3 Å². The molecule has 1 aliphatic rings. The SMILES string of the molecule is COc1ccc(OC(C)CNC(=O)C2CCCNC2)cc1. The van der Waals surface area contributed by atoms with Crippen LogP contribution in [0.4, 0.5) is 0 Å². The molecule has 2 atom stereocenters. The minimum Gasteiger partial charge on any atom is -0.497 e. The van der Waals surface area contributed by atoms with Crippen LogP contribution in [0.5, 0.6) is 11.5 Å². The zero-order chi connectivity index (χ0) is 15.1. The summed E-state index contributed by atoms with van der Waals surface area (Å²) in [7, 11) is 1.63. The minimum atomic E-state index is -0.0705. The van der Waals surface area contributed by atoms with Crippen molar-refractivity contribution in [3.8, 4) is 11.5 Å². The van der Waals surface area contributed by atoms with Crippen LogP contribution in [-0.4, -0.2) is 38.8 Å². The molecule has 1 saturated heterocycles. The van der Waals surface area contributed by atoms with Gasteiger partial charge in [0.2, 0.25) is 5.91 Å². The summed E-state index contributed by atoms with van der Waals surface area (Å²) < 4.78 is 10.9. The van der Waals surface area contributed by atoms with Gasteiger partial charge in [-0.25, -0.2) is 0 Å². The fourth-order valence-electron chi connectivity index (χ4n) is 2.39. The summed E-state index contributed by atoms with van der Waals surface area (Å²) in [4.78, 5) is 12.0. The predicted molar refractivity (Wildman–Crippen MR) is 81.7 cm³/mol. The fourth-order valence-corrected chi connectivity index (χ4v) is 2.39. The van der Waals surface area contributed by atoms with Gasteiger partial charge in [-0.3, -0.25) is 4.79 Å². The summed E-state index contributed by atoms with van der Waals surface area (Å²) in [6.07, 6.45) is 1.96. The molecule has 1 aromatic carbocycles. The van der Waals surface area contributed by atoms with Crippen LogP contribution < -0.4 is 20.1 Å². The van der Waals surface area contributed by atoms with E-state index in [-0.39, 0.29) is 17.9 Å². The quantitative estimate of drug-likeness (QED) is 0.836. The van der Waals surface area contributed by atoms with Gasteiger partial charge in [0.05, 0.1) is 19.6 Å². The maximum atomic E-state index is 12.0. The lowest BCUT2D eigenvalue weighted by molar-refractivity contribution is -0.125. The zero-order valence-electron chi connectivity index (χ0n) is 12.7. The van der Waals surface area contributed by atoms with E-state index in [0.717, 1.165) is 37.4 Å². The van der Waals surface area contributed by atoms with Gasteiger partial charge >= 0.3 is 0 Å². The molecule has 0 radical (unpaired) electrons. The number of methoxy groups -OCH3 is 1. The Kier molecular flexibility index (Phi) is 5.87. The van der Waals surface area contributed by atoms with Gasteiger partial charge < -0.3 is 20.1 Å². The van der Waals surface area contributed by atoms with Gasteiger partial charge in [-0.15, -0.1) is 0 Å². The highest BCUT2D eigenvalue weighted by atomic mass is 16.5. The molecule has 1 amide bonds. The smallest absolute Gasteiger partial charge is 0.224 e. The monoisotopic (exact) mass is 292 g/mol. The van der Waals surface area contributed by atoms with Gasteiger partial charge in [0.25, 0.3) is 0 Å². The third kappa shape index (κ3) is 4.93. The number of carbonyl (C=O) groups is 1. The van der Waals surface area contributed by atoms with Crippen molar-refractivity contribution in [3.63, 3.8) is 0 Å². The molecule has 0 aliphatic carbocycles. The summed E-state index contributed by atoms with van der Waals surface area (Å²) in [5, 5.41) is 6.22. The molecule has 0 spiro atoms. The lowest BCUT2D eigenvalue weighted by Gasteiger charge is -2.23. The van der Waals surface area contributed by atoms with E-state index < -0.39 is 0 Å². The number of hydrogen-bond acceptors (Lipinski definition) is 4. The maximum Gasteiger partial charge on any atom is 0.224 e. The van der Waals surface area contributed by atoms with Gasteiger partial charge in [-0.2, -0.15) is 0 Å². The Morgan fingerprint density at radius 1 is 1.38 bits per heavy atom. The second-order valence-electron chi connectivity index (χ2n) is 5.39. The van der Waals surface area contributed by atoms with Crippen LogP contribution in [0.1, 0.15) is 19.8 Å². The van der Waals surface area contributed by atoms with Gasteiger partial charge in [-0.1, -0.05) is 0 Å². The molecular formula is C16H24N2O3. The molecule has 1 fully saturated rings. The molecule has 2 rings (SSSR count). The van der Waals surface area contributed by atoms with Crippen molar-refractivity contribution in [1.29, 1.82) is 0 Å². The van der Waals surface area contributed by atoms with Crippen molar-refractivity contribution >= 4 is 5.91 Å². The van der Waals surface area contributed by atoms with Crippen LogP contribution in [0.2, 0.25) is 0 Å². The molecule has 5 nitrogen and oxygen atoms in total. The van der Waals surface area contributed by atoms with Gasteiger partial charge in [-0.05, 0) is 50.6 Å². The minimum absolute atomic E-state index is 0.0705. The highest BCUT2D eigenvalue weighted by Crippen LogP contribution is 2.18. The topological polar surface area (TPSA) is 59.6 Å². The molecule has 2 N–H and O–H groups in total. The van der Waals surface area contributed by atoms with E-state index in [4.69, 9.17) is 9.47 Å². The Morgan fingerprint density at radius 3 is 2.71 bits per heavy atom. The third-order valence-corrected chi connectivity index (χ3v) is 3.63. The van der Waals surface area contributed by atoms with Crippen molar-refractivity contribution in [2.45, 2.75) is 25.9 Å². The number of nitrogens with one attached hydrogen (secondary N) is 2. The Balaban J connectivity index is 1.73. The molecular weight excluding hydrogens is 268 g/mol. The summed E-state index contributed by atoms with van der Waals surface area (Å²) in [6.45, 7) is 4.26. The van der Waals surface area contributed by atoms with Crippen molar-refractivity contribution < 1.29 is 14.3 Å². The predicted octanol–water partition coefficient (Wildman–Crippen LogP) is 1.58. The number of amides is 1. The summed E-state index contributed by atoms with van der Waals surface area (Å²) in [6, 6.07) is 7.44. The standard InChI is InChI=1S/C16H24N2O3/c1-12(21-15-7-5-14(20-2)6-8-15)10-18-16(19)13-4-3-9-17-11-13/h5-8,12-13,17H,3-4,9-11H2,1-2H3,(H,18,19). The second-order valence-corrected chi connectivity index (χ2v) is 5.39. The lowest BCUT2D eigenvalue weighted by atomic mass is 9.99. The maximum absolute atomic E-state index is 12.0. The third-order valence-electron chi connectivity index (χ3n) is 3.63. The van der Waals surface area contributed by atoms with Crippen molar-refractivity contribution in [2.75, 3.05) is 26.7 Å². The molecule has 21 heavy (non-hydrogen) atoms.